The van der Waals surface area contributed by atoms with Crippen LogP contribution in [0.25, 0.3) is 0 Å². The smallest absolute Gasteiger partial charge is 0.150 e. The van der Waals surface area contributed by atoms with Crippen LogP contribution in [-0.2, 0) is 9.84 Å². The minimum atomic E-state index is -2.87. The highest BCUT2D eigenvalue weighted by atomic mass is 32.2. The first-order valence-corrected chi connectivity index (χ1v) is 8.47. The van der Waals surface area contributed by atoms with Crippen LogP contribution in [0.1, 0.15) is 58.3 Å². The fourth-order valence-electron chi connectivity index (χ4n) is 2.60. The first kappa shape index (κ1) is 14.5. The Morgan fingerprint density at radius 2 is 1.76 bits per heavy atom. The van der Waals surface area contributed by atoms with Crippen molar-refractivity contribution in [2.75, 3.05) is 11.5 Å². The van der Waals surface area contributed by atoms with Crippen LogP contribution >= 0.6 is 0 Å². The van der Waals surface area contributed by atoms with E-state index in [1.807, 2.05) is 0 Å². The van der Waals surface area contributed by atoms with Crippen LogP contribution in [-0.4, -0.2) is 19.9 Å². The molecule has 17 heavy (non-hydrogen) atoms. The summed E-state index contributed by atoms with van der Waals surface area (Å²) < 4.78 is 22.8. The first-order chi connectivity index (χ1) is 8.04. The van der Waals surface area contributed by atoms with E-state index < -0.39 is 9.84 Å². The van der Waals surface area contributed by atoms with Crippen LogP contribution in [0.5, 0.6) is 0 Å². The van der Waals surface area contributed by atoms with Gasteiger partial charge in [-0.3, -0.25) is 0 Å². The topological polar surface area (TPSA) is 57.9 Å². The third-order valence-electron chi connectivity index (χ3n) is 3.85. The second-order valence-electron chi connectivity index (χ2n) is 5.15. The fraction of sp³-hybridized carbons (Fsp3) is 0.923. The van der Waals surface area contributed by atoms with Crippen LogP contribution < -0.4 is 0 Å². The summed E-state index contributed by atoms with van der Waals surface area (Å²) in [6, 6.07) is 2.47. The fourth-order valence-corrected chi connectivity index (χ4v) is 3.47. The minimum Gasteiger partial charge on any atom is -0.229 e. The minimum absolute atomic E-state index is 0.215. The summed E-state index contributed by atoms with van der Waals surface area (Å²) in [5, 5.41) is 9.35. The zero-order valence-electron chi connectivity index (χ0n) is 10.7. The molecule has 0 bridgehead atoms. The van der Waals surface area contributed by atoms with Gasteiger partial charge in [-0.15, -0.1) is 0 Å². The van der Waals surface area contributed by atoms with Gasteiger partial charge in [0, 0.05) is 5.75 Å². The largest absolute Gasteiger partial charge is 0.229 e. The van der Waals surface area contributed by atoms with Crippen molar-refractivity contribution in [3.63, 3.8) is 0 Å². The summed E-state index contributed by atoms with van der Waals surface area (Å²) in [4.78, 5) is 0. The second kappa shape index (κ2) is 6.39. The zero-order valence-corrected chi connectivity index (χ0v) is 11.6. The molecule has 0 aliphatic heterocycles. The predicted octanol–water partition coefficient (Wildman–Crippen LogP) is 3.07. The lowest BCUT2D eigenvalue weighted by atomic mass is 9.78. The van der Waals surface area contributed by atoms with Gasteiger partial charge in [-0.05, 0) is 25.7 Å². The quantitative estimate of drug-likeness (QED) is 0.711. The number of nitrogens with zero attached hydrogens (tertiary/aromatic N) is 1. The van der Waals surface area contributed by atoms with Gasteiger partial charge in [0.1, 0.15) is 9.84 Å². The Kier molecular flexibility index (Phi) is 5.45. The second-order valence-corrected chi connectivity index (χ2v) is 7.62. The number of hydrogen-bond donors (Lipinski definition) is 0. The van der Waals surface area contributed by atoms with Crippen molar-refractivity contribution in [3.05, 3.63) is 0 Å². The van der Waals surface area contributed by atoms with Crippen LogP contribution in [0, 0.1) is 16.7 Å². The lowest BCUT2D eigenvalue weighted by molar-refractivity contribution is 0.312. The van der Waals surface area contributed by atoms with E-state index in [0.29, 0.717) is 6.42 Å². The summed E-state index contributed by atoms with van der Waals surface area (Å²) in [5.41, 5.74) is -0.236. The summed E-state index contributed by atoms with van der Waals surface area (Å²) >= 11 is 0. The maximum Gasteiger partial charge on any atom is 0.150 e. The van der Waals surface area contributed by atoms with Gasteiger partial charge in [0.15, 0.2) is 0 Å². The van der Waals surface area contributed by atoms with Crippen molar-refractivity contribution in [1.29, 1.82) is 5.26 Å². The molecule has 0 unspecified atom stereocenters. The van der Waals surface area contributed by atoms with Gasteiger partial charge in [-0.1, -0.05) is 32.6 Å². The van der Waals surface area contributed by atoms with Gasteiger partial charge in [-0.25, -0.2) is 8.42 Å². The molecule has 0 saturated heterocycles. The number of sulfone groups is 1. The molecule has 0 heterocycles. The van der Waals surface area contributed by atoms with E-state index in [1.165, 1.54) is 12.8 Å². The molecule has 0 radical (unpaired) electrons. The van der Waals surface area contributed by atoms with Crippen molar-refractivity contribution in [2.24, 2.45) is 5.41 Å². The molecule has 0 N–H and O–H groups in total. The molecule has 0 spiro atoms. The summed E-state index contributed by atoms with van der Waals surface area (Å²) in [5.74, 6) is 0.458. The van der Waals surface area contributed by atoms with Crippen molar-refractivity contribution in [3.8, 4) is 6.07 Å². The zero-order chi connectivity index (χ0) is 12.8. The number of nitriles is 1. The van der Waals surface area contributed by atoms with Crippen LogP contribution in [0.3, 0.4) is 0 Å². The maximum absolute atomic E-state index is 11.4. The van der Waals surface area contributed by atoms with Crippen LogP contribution in [0.4, 0.5) is 0 Å². The summed E-state index contributed by atoms with van der Waals surface area (Å²) in [6.07, 6.45) is 7.98. The molecule has 0 atom stereocenters. The Morgan fingerprint density at radius 1 is 1.18 bits per heavy atom. The van der Waals surface area contributed by atoms with Crippen molar-refractivity contribution >= 4 is 9.84 Å². The molecule has 4 heteroatoms. The van der Waals surface area contributed by atoms with Crippen molar-refractivity contribution in [2.45, 2.75) is 58.3 Å². The van der Waals surface area contributed by atoms with E-state index in [9.17, 15) is 13.7 Å². The molecule has 0 amide bonds. The molecular formula is C13H23NO2S. The van der Waals surface area contributed by atoms with Crippen molar-refractivity contribution < 1.29 is 8.42 Å². The highest BCUT2D eigenvalue weighted by molar-refractivity contribution is 7.91. The molecule has 3 nitrogen and oxygen atoms in total. The molecule has 1 aliphatic carbocycles. The molecule has 0 aromatic rings. The van der Waals surface area contributed by atoms with Crippen LogP contribution in [0.15, 0.2) is 0 Å². The van der Waals surface area contributed by atoms with Crippen LogP contribution in [0.2, 0.25) is 0 Å². The SMILES string of the molecule is CCS(=O)(=O)CCCC1(C#N)CCCCCC1. The van der Waals surface area contributed by atoms with E-state index >= 15 is 0 Å². The molecule has 1 saturated carbocycles. The van der Waals surface area contributed by atoms with Gasteiger partial charge < -0.3 is 0 Å². The Bertz CT molecular complexity index is 359. The third-order valence-corrected chi connectivity index (χ3v) is 5.64. The number of rotatable bonds is 5. The van der Waals surface area contributed by atoms with Gasteiger partial charge in [0.25, 0.3) is 0 Å². The van der Waals surface area contributed by atoms with Gasteiger partial charge >= 0.3 is 0 Å². The molecule has 0 aromatic carbocycles. The van der Waals surface area contributed by atoms with E-state index in [-0.39, 0.29) is 16.9 Å². The number of hydrogen-bond acceptors (Lipinski definition) is 3. The van der Waals surface area contributed by atoms with E-state index in [2.05, 4.69) is 6.07 Å². The van der Waals surface area contributed by atoms with E-state index in [4.69, 9.17) is 0 Å². The van der Waals surface area contributed by atoms with E-state index in [0.717, 1.165) is 32.1 Å². The Labute approximate surface area is 105 Å². The average molecular weight is 257 g/mol. The molecule has 98 valence electrons. The van der Waals surface area contributed by atoms with Crippen molar-refractivity contribution in [1.82, 2.24) is 0 Å². The summed E-state index contributed by atoms with van der Waals surface area (Å²) in [6.45, 7) is 1.68. The predicted molar refractivity (Wildman–Crippen MR) is 69.3 cm³/mol. The van der Waals surface area contributed by atoms with Gasteiger partial charge in [0.05, 0.1) is 17.2 Å². The molecular weight excluding hydrogens is 234 g/mol. The molecule has 0 aromatic heterocycles. The highest BCUT2D eigenvalue weighted by Gasteiger charge is 2.30. The molecule has 1 aliphatic rings. The standard InChI is InChI=1S/C13H23NO2S/c1-2-17(15,16)11-7-10-13(12-14)8-5-3-4-6-9-13/h2-11H2,1H3. The highest BCUT2D eigenvalue weighted by Crippen LogP contribution is 2.38. The Morgan fingerprint density at radius 3 is 2.24 bits per heavy atom. The third kappa shape index (κ3) is 4.67. The molecule has 1 fully saturated rings. The normalized spacial score (nSPS) is 20.5. The Balaban J connectivity index is 2.49. The lowest BCUT2D eigenvalue weighted by Crippen LogP contribution is -2.19. The first-order valence-electron chi connectivity index (χ1n) is 6.65. The van der Waals surface area contributed by atoms with Gasteiger partial charge in [-0.2, -0.15) is 5.26 Å². The lowest BCUT2D eigenvalue weighted by Gasteiger charge is -2.24. The van der Waals surface area contributed by atoms with Gasteiger partial charge in [0.2, 0.25) is 0 Å². The Hall–Kier alpha value is -0.560. The monoisotopic (exact) mass is 257 g/mol. The molecule has 1 rings (SSSR count). The maximum atomic E-state index is 11.4. The average Bonchev–Trinajstić information content (AvgIpc) is 2.55. The van der Waals surface area contributed by atoms with E-state index in [1.54, 1.807) is 6.92 Å². The summed E-state index contributed by atoms with van der Waals surface area (Å²) in [7, 11) is -2.87.